The molecule has 4 rings (SSSR count). The van der Waals surface area contributed by atoms with E-state index >= 15 is 0 Å². The molecule has 0 bridgehead atoms. The molecular formula is C20H21ClN2O4. The minimum absolute atomic E-state index is 0.102. The normalized spacial score (nSPS) is 24.2. The van der Waals surface area contributed by atoms with Crippen LogP contribution in [0.5, 0.6) is 0 Å². The van der Waals surface area contributed by atoms with E-state index in [1.165, 1.54) is 0 Å². The van der Waals surface area contributed by atoms with E-state index in [0.717, 1.165) is 24.8 Å². The van der Waals surface area contributed by atoms with Crippen LogP contribution in [0.25, 0.3) is 11.3 Å². The summed E-state index contributed by atoms with van der Waals surface area (Å²) in [5, 5.41) is 10.2. The number of hydrogen-bond acceptors (Lipinski definition) is 4. The monoisotopic (exact) mass is 388 g/mol. The van der Waals surface area contributed by atoms with Gasteiger partial charge < -0.3 is 14.4 Å². The topological polar surface area (TPSA) is 83.6 Å². The maximum Gasteiger partial charge on any atom is 0.326 e. The van der Waals surface area contributed by atoms with Gasteiger partial charge in [-0.15, -0.1) is 0 Å². The second-order valence-corrected chi connectivity index (χ2v) is 7.75. The van der Waals surface area contributed by atoms with E-state index in [2.05, 4.69) is 4.98 Å². The molecule has 27 heavy (non-hydrogen) atoms. The zero-order valence-corrected chi connectivity index (χ0v) is 15.6. The number of carboxylic acids is 1. The first-order valence-corrected chi connectivity index (χ1v) is 9.63. The van der Waals surface area contributed by atoms with Crippen LogP contribution in [0.1, 0.15) is 31.6 Å². The van der Waals surface area contributed by atoms with Gasteiger partial charge in [-0.1, -0.05) is 18.0 Å². The third-order valence-corrected chi connectivity index (χ3v) is 5.95. The van der Waals surface area contributed by atoms with Gasteiger partial charge in [0, 0.05) is 30.0 Å². The van der Waals surface area contributed by atoms with Crippen molar-refractivity contribution in [3.63, 3.8) is 0 Å². The zero-order chi connectivity index (χ0) is 19.0. The number of likely N-dealkylation sites (tertiary alicyclic amines) is 1. The molecule has 1 aliphatic carbocycles. The summed E-state index contributed by atoms with van der Waals surface area (Å²) in [5.41, 5.74) is 0.864. The van der Waals surface area contributed by atoms with Crippen molar-refractivity contribution in [2.45, 2.75) is 38.1 Å². The second kappa shape index (κ2) is 7.35. The number of carboxylic acid groups (broad SMARTS) is 1. The number of oxazole rings is 1. The predicted octanol–water partition coefficient (Wildman–Crippen LogP) is 3.64. The summed E-state index contributed by atoms with van der Waals surface area (Å²) in [4.78, 5) is 30.1. The van der Waals surface area contributed by atoms with Crippen molar-refractivity contribution in [1.82, 2.24) is 9.88 Å². The first-order chi connectivity index (χ1) is 13.0. The summed E-state index contributed by atoms with van der Waals surface area (Å²) < 4.78 is 5.73. The summed E-state index contributed by atoms with van der Waals surface area (Å²) in [6, 6.07) is 6.56. The van der Waals surface area contributed by atoms with Crippen LogP contribution in [0.15, 0.2) is 34.9 Å². The lowest BCUT2D eigenvalue weighted by molar-refractivity contribution is -0.149. The Balaban J connectivity index is 1.39. The quantitative estimate of drug-likeness (QED) is 0.845. The van der Waals surface area contributed by atoms with E-state index in [-0.39, 0.29) is 18.2 Å². The standard InChI is InChI=1S/C20H21ClN2O4/c21-14-6-4-12(5-7-14)16-10-22-17(27-16)8-9-18(24)23-11-13-2-1-3-15(13)19(23)20(25)26/h4-7,10,13,15,19H,1-3,8-9,11H2,(H,25,26). The molecule has 1 N–H and O–H groups in total. The lowest BCUT2D eigenvalue weighted by atomic mass is 9.94. The predicted molar refractivity (Wildman–Crippen MR) is 99.2 cm³/mol. The number of benzene rings is 1. The molecule has 1 saturated carbocycles. The molecule has 6 nitrogen and oxygen atoms in total. The van der Waals surface area contributed by atoms with Crippen molar-refractivity contribution >= 4 is 23.5 Å². The van der Waals surface area contributed by atoms with Crippen molar-refractivity contribution in [2.24, 2.45) is 11.8 Å². The number of aryl methyl sites for hydroxylation is 1. The molecule has 3 atom stereocenters. The number of nitrogens with zero attached hydrogens (tertiary/aromatic N) is 2. The molecule has 2 fully saturated rings. The Morgan fingerprint density at radius 1 is 1.26 bits per heavy atom. The molecule has 142 valence electrons. The van der Waals surface area contributed by atoms with Gasteiger partial charge in [0.2, 0.25) is 5.91 Å². The van der Waals surface area contributed by atoms with Gasteiger partial charge in [0.25, 0.3) is 0 Å². The molecule has 1 aliphatic heterocycles. The Morgan fingerprint density at radius 2 is 2.04 bits per heavy atom. The number of aliphatic carboxylic acids is 1. The molecule has 2 aliphatic rings. The van der Waals surface area contributed by atoms with Crippen LogP contribution in [0.4, 0.5) is 0 Å². The first kappa shape index (κ1) is 18.0. The fourth-order valence-corrected chi connectivity index (χ4v) is 4.54. The third-order valence-electron chi connectivity index (χ3n) is 5.70. The number of fused-ring (bicyclic) bond motifs is 1. The van der Waals surface area contributed by atoms with E-state index in [0.29, 0.717) is 35.6 Å². The van der Waals surface area contributed by atoms with Gasteiger partial charge in [0.05, 0.1) is 6.20 Å². The summed E-state index contributed by atoms with van der Waals surface area (Å²) >= 11 is 5.89. The van der Waals surface area contributed by atoms with Gasteiger partial charge in [-0.25, -0.2) is 9.78 Å². The highest BCUT2D eigenvalue weighted by Gasteiger charge is 2.49. The van der Waals surface area contributed by atoms with E-state index in [4.69, 9.17) is 16.0 Å². The molecule has 1 aromatic carbocycles. The maximum atomic E-state index is 12.7. The third kappa shape index (κ3) is 3.58. The molecule has 0 radical (unpaired) electrons. The minimum atomic E-state index is -0.890. The Labute approximate surface area is 162 Å². The average Bonchev–Trinajstić information content (AvgIpc) is 3.35. The largest absolute Gasteiger partial charge is 0.480 e. The Kier molecular flexibility index (Phi) is 4.91. The van der Waals surface area contributed by atoms with Crippen LogP contribution in [0.2, 0.25) is 5.02 Å². The van der Waals surface area contributed by atoms with E-state index in [9.17, 15) is 14.7 Å². The van der Waals surface area contributed by atoms with Gasteiger partial charge in [0.1, 0.15) is 6.04 Å². The first-order valence-electron chi connectivity index (χ1n) is 9.26. The van der Waals surface area contributed by atoms with Gasteiger partial charge in [-0.2, -0.15) is 0 Å². The van der Waals surface area contributed by atoms with E-state index < -0.39 is 12.0 Å². The van der Waals surface area contributed by atoms with E-state index in [1.807, 2.05) is 12.1 Å². The van der Waals surface area contributed by atoms with E-state index in [1.54, 1.807) is 23.2 Å². The van der Waals surface area contributed by atoms with Gasteiger partial charge in [-0.3, -0.25) is 4.79 Å². The Hall–Kier alpha value is -2.34. The minimum Gasteiger partial charge on any atom is -0.480 e. The second-order valence-electron chi connectivity index (χ2n) is 7.31. The number of rotatable bonds is 5. The van der Waals surface area contributed by atoms with Crippen LogP contribution >= 0.6 is 11.6 Å². The van der Waals surface area contributed by atoms with Crippen LogP contribution in [0, 0.1) is 11.8 Å². The van der Waals surface area contributed by atoms with Crippen molar-refractivity contribution in [2.75, 3.05) is 6.54 Å². The molecule has 3 unspecified atom stereocenters. The highest BCUT2D eigenvalue weighted by molar-refractivity contribution is 6.30. The average molecular weight is 389 g/mol. The van der Waals surface area contributed by atoms with Crippen molar-refractivity contribution in [3.05, 3.63) is 41.4 Å². The molecule has 0 spiro atoms. The summed E-state index contributed by atoms with van der Waals surface area (Å²) in [6.45, 7) is 0.558. The highest BCUT2D eigenvalue weighted by atomic mass is 35.5. The van der Waals surface area contributed by atoms with Gasteiger partial charge in [0.15, 0.2) is 11.7 Å². The fraction of sp³-hybridized carbons (Fsp3) is 0.450. The van der Waals surface area contributed by atoms with Gasteiger partial charge in [-0.05, 0) is 48.9 Å². The molecule has 2 aromatic rings. The molecule has 1 amide bonds. The summed E-state index contributed by atoms with van der Waals surface area (Å²) in [7, 11) is 0. The smallest absolute Gasteiger partial charge is 0.326 e. The van der Waals surface area contributed by atoms with Crippen molar-refractivity contribution < 1.29 is 19.1 Å². The van der Waals surface area contributed by atoms with Crippen LogP contribution in [-0.4, -0.2) is 39.5 Å². The maximum absolute atomic E-state index is 12.7. The lowest BCUT2D eigenvalue weighted by Gasteiger charge is -2.24. The SMILES string of the molecule is O=C(O)C1C2CCCC2CN1C(=O)CCc1ncc(-c2ccc(Cl)cc2)o1. The number of halogens is 1. The molecular weight excluding hydrogens is 368 g/mol. The van der Waals surface area contributed by atoms with Crippen LogP contribution in [0.3, 0.4) is 0 Å². The molecule has 2 heterocycles. The number of carbonyl (C=O) groups excluding carboxylic acids is 1. The molecule has 1 saturated heterocycles. The van der Waals surface area contributed by atoms with Crippen LogP contribution < -0.4 is 0 Å². The Morgan fingerprint density at radius 3 is 2.78 bits per heavy atom. The summed E-state index contributed by atoms with van der Waals surface area (Å²) in [6.07, 6.45) is 5.15. The van der Waals surface area contributed by atoms with Crippen molar-refractivity contribution in [3.8, 4) is 11.3 Å². The fourth-order valence-electron chi connectivity index (χ4n) is 4.41. The highest BCUT2D eigenvalue weighted by Crippen LogP contribution is 2.42. The lowest BCUT2D eigenvalue weighted by Crippen LogP contribution is -2.43. The zero-order valence-electron chi connectivity index (χ0n) is 14.8. The summed E-state index contributed by atoms with van der Waals surface area (Å²) in [5.74, 6) is 0.493. The van der Waals surface area contributed by atoms with Crippen molar-refractivity contribution in [1.29, 1.82) is 0 Å². The Bertz CT molecular complexity index is 848. The van der Waals surface area contributed by atoms with Gasteiger partial charge >= 0.3 is 5.97 Å². The number of amides is 1. The number of hydrogen-bond donors (Lipinski definition) is 1. The van der Waals surface area contributed by atoms with Crippen LogP contribution in [-0.2, 0) is 16.0 Å². The molecule has 7 heteroatoms. The molecule has 1 aromatic heterocycles. The number of aromatic nitrogens is 1. The number of carbonyl (C=O) groups is 2.